The van der Waals surface area contributed by atoms with Gasteiger partial charge in [-0.3, -0.25) is 4.79 Å². The predicted molar refractivity (Wildman–Crippen MR) is 115 cm³/mol. The third kappa shape index (κ3) is 5.52. The minimum atomic E-state index is -1.06. The van der Waals surface area contributed by atoms with Gasteiger partial charge >= 0.3 is 0 Å². The standard InChI is InChI=1S/C24H28N2O3/c1-4-29-22-11-6-5-10-21(22)25-14-16-26(17-15-25)23(27)20-9-7-8-19(18-20)12-13-24(2,3)28/h5-11,18,28H,4,14-17H2,1-3H3. The number of nitrogens with zero attached hydrogens (tertiary/aromatic N) is 2. The number of para-hydroxylation sites is 2. The van der Waals surface area contributed by atoms with Gasteiger partial charge in [0.25, 0.3) is 5.91 Å². The molecule has 0 radical (unpaired) electrons. The van der Waals surface area contributed by atoms with Gasteiger partial charge < -0.3 is 19.6 Å². The highest BCUT2D eigenvalue weighted by atomic mass is 16.5. The molecule has 0 spiro atoms. The number of rotatable bonds is 4. The van der Waals surface area contributed by atoms with Crippen molar-refractivity contribution in [1.29, 1.82) is 0 Å². The molecule has 2 aromatic carbocycles. The second-order valence-corrected chi connectivity index (χ2v) is 7.57. The van der Waals surface area contributed by atoms with Crippen molar-refractivity contribution in [2.45, 2.75) is 26.4 Å². The molecule has 1 aliphatic heterocycles. The van der Waals surface area contributed by atoms with E-state index in [4.69, 9.17) is 4.74 Å². The molecule has 1 N–H and O–H groups in total. The Bertz CT molecular complexity index is 913. The summed E-state index contributed by atoms with van der Waals surface area (Å²) >= 11 is 0. The zero-order chi connectivity index (χ0) is 20.9. The van der Waals surface area contributed by atoms with Gasteiger partial charge in [0.15, 0.2) is 0 Å². The Kier molecular flexibility index (Phi) is 6.46. The van der Waals surface area contributed by atoms with Crippen molar-refractivity contribution in [3.63, 3.8) is 0 Å². The first-order valence-corrected chi connectivity index (χ1v) is 9.99. The Morgan fingerprint density at radius 3 is 2.52 bits per heavy atom. The normalized spacial score (nSPS) is 14.2. The fourth-order valence-electron chi connectivity index (χ4n) is 3.28. The molecule has 5 heteroatoms. The van der Waals surface area contributed by atoms with Crippen LogP contribution in [0.2, 0.25) is 0 Å². The number of hydrogen-bond acceptors (Lipinski definition) is 4. The largest absolute Gasteiger partial charge is 0.492 e. The molecule has 0 saturated carbocycles. The minimum absolute atomic E-state index is 0.00894. The van der Waals surface area contributed by atoms with Gasteiger partial charge in [-0.15, -0.1) is 0 Å². The van der Waals surface area contributed by atoms with E-state index in [0.29, 0.717) is 25.3 Å². The second kappa shape index (κ2) is 9.02. The molecule has 0 atom stereocenters. The lowest BCUT2D eigenvalue weighted by Gasteiger charge is -2.36. The van der Waals surface area contributed by atoms with Gasteiger partial charge in [0.05, 0.1) is 12.3 Å². The number of hydrogen-bond donors (Lipinski definition) is 1. The molecule has 1 amide bonds. The van der Waals surface area contributed by atoms with Crippen LogP contribution in [0.5, 0.6) is 5.75 Å². The summed E-state index contributed by atoms with van der Waals surface area (Å²) in [5.41, 5.74) is 1.36. The van der Waals surface area contributed by atoms with Crippen molar-refractivity contribution in [2.24, 2.45) is 0 Å². The Hall–Kier alpha value is -2.97. The quantitative estimate of drug-likeness (QED) is 0.812. The van der Waals surface area contributed by atoms with Gasteiger partial charge in [-0.1, -0.05) is 30.0 Å². The van der Waals surface area contributed by atoms with Crippen LogP contribution in [-0.4, -0.2) is 54.3 Å². The lowest BCUT2D eigenvalue weighted by atomic mass is 10.1. The number of amides is 1. The van der Waals surface area contributed by atoms with Crippen LogP contribution in [0.1, 0.15) is 36.7 Å². The molecule has 0 unspecified atom stereocenters. The van der Waals surface area contributed by atoms with Crippen molar-refractivity contribution in [2.75, 3.05) is 37.7 Å². The van der Waals surface area contributed by atoms with E-state index in [0.717, 1.165) is 30.1 Å². The first-order valence-electron chi connectivity index (χ1n) is 9.99. The third-order valence-corrected chi connectivity index (χ3v) is 4.69. The fraction of sp³-hybridized carbons (Fsp3) is 0.375. The van der Waals surface area contributed by atoms with Gasteiger partial charge in [-0.05, 0) is 51.1 Å². The SMILES string of the molecule is CCOc1ccccc1N1CCN(C(=O)c2cccc(C#CC(C)(C)O)c2)CC1. The Labute approximate surface area is 172 Å². The van der Waals surface area contributed by atoms with E-state index in [9.17, 15) is 9.90 Å². The maximum atomic E-state index is 13.0. The maximum Gasteiger partial charge on any atom is 0.254 e. The number of carbonyl (C=O) groups excluding carboxylic acids is 1. The molecule has 152 valence electrons. The summed E-state index contributed by atoms with van der Waals surface area (Å²) in [4.78, 5) is 17.1. The van der Waals surface area contributed by atoms with Crippen molar-refractivity contribution in [3.05, 3.63) is 59.7 Å². The van der Waals surface area contributed by atoms with Crippen LogP contribution >= 0.6 is 0 Å². The van der Waals surface area contributed by atoms with Gasteiger partial charge in [0.2, 0.25) is 0 Å². The fourth-order valence-corrected chi connectivity index (χ4v) is 3.28. The topological polar surface area (TPSA) is 53.0 Å². The van der Waals surface area contributed by atoms with Gasteiger partial charge in [0.1, 0.15) is 11.4 Å². The highest BCUT2D eigenvalue weighted by Gasteiger charge is 2.23. The molecule has 29 heavy (non-hydrogen) atoms. The van der Waals surface area contributed by atoms with Crippen molar-refractivity contribution >= 4 is 11.6 Å². The average molecular weight is 392 g/mol. The number of ether oxygens (including phenoxy) is 1. The van der Waals surface area contributed by atoms with E-state index >= 15 is 0 Å². The molecule has 0 aliphatic carbocycles. The van der Waals surface area contributed by atoms with E-state index in [1.54, 1.807) is 19.9 Å². The van der Waals surface area contributed by atoms with Crippen LogP contribution in [0.3, 0.4) is 0 Å². The Balaban J connectivity index is 1.67. The van der Waals surface area contributed by atoms with E-state index in [2.05, 4.69) is 22.8 Å². The summed E-state index contributed by atoms with van der Waals surface area (Å²) < 4.78 is 5.74. The summed E-state index contributed by atoms with van der Waals surface area (Å²) in [5, 5.41) is 9.77. The lowest BCUT2D eigenvalue weighted by molar-refractivity contribution is 0.0746. The first-order chi connectivity index (χ1) is 13.9. The van der Waals surface area contributed by atoms with Crippen LogP contribution in [0, 0.1) is 11.8 Å². The van der Waals surface area contributed by atoms with Crippen molar-refractivity contribution in [1.82, 2.24) is 4.90 Å². The summed E-state index contributed by atoms with van der Waals surface area (Å²) in [6.07, 6.45) is 0. The molecule has 5 nitrogen and oxygen atoms in total. The molecule has 3 rings (SSSR count). The maximum absolute atomic E-state index is 13.0. The zero-order valence-electron chi connectivity index (χ0n) is 17.3. The predicted octanol–water partition coefficient (Wildman–Crippen LogP) is 3.17. The second-order valence-electron chi connectivity index (χ2n) is 7.57. The zero-order valence-corrected chi connectivity index (χ0v) is 17.3. The Morgan fingerprint density at radius 2 is 1.83 bits per heavy atom. The van der Waals surface area contributed by atoms with Gasteiger partial charge in [0, 0.05) is 37.3 Å². The first kappa shape index (κ1) is 20.8. The highest BCUT2D eigenvalue weighted by molar-refractivity contribution is 5.94. The summed E-state index contributed by atoms with van der Waals surface area (Å²) in [7, 11) is 0. The van der Waals surface area contributed by atoms with Gasteiger partial charge in [-0.25, -0.2) is 0 Å². The molecule has 1 aliphatic rings. The molecule has 1 heterocycles. The summed E-state index contributed by atoms with van der Waals surface area (Å²) in [6.45, 7) is 8.70. The average Bonchev–Trinajstić information content (AvgIpc) is 2.72. The monoisotopic (exact) mass is 392 g/mol. The number of piperazine rings is 1. The van der Waals surface area contributed by atoms with Crippen LogP contribution in [0.4, 0.5) is 5.69 Å². The Morgan fingerprint density at radius 1 is 1.10 bits per heavy atom. The van der Waals surface area contributed by atoms with Crippen molar-refractivity contribution < 1.29 is 14.6 Å². The van der Waals surface area contributed by atoms with E-state index < -0.39 is 5.60 Å². The minimum Gasteiger partial charge on any atom is -0.492 e. The molecular weight excluding hydrogens is 364 g/mol. The van der Waals surface area contributed by atoms with Crippen LogP contribution in [0.25, 0.3) is 0 Å². The van der Waals surface area contributed by atoms with E-state index in [1.165, 1.54) is 0 Å². The van der Waals surface area contributed by atoms with Crippen molar-refractivity contribution in [3.8, 4) is 17.6 Å². The molecular formula is C24H28N2O3. The molecule has 1 saturated heterocycles. The van der Waals surface area contributed by atoms with Crippen LogP contribution in [-0.2, 0) is 0 Å². The van der Waals surface area contributed by atoms with Gasteiger partial charge in [-0.2, -0.15) is 0 Å². The molecule has 0 aromatic heterocycles. The molecule has 1 fully saturated rings. The number of aliphatic hydroxyl groups is 1. The lowest BCUT2D eigenvalue weighted by Crippen LogP contribution is -2.48. The highest BCUT2D eigenvalue weighted by Crippen LogP contribution is 2.29. The number of carbonyl (C=O) groups is 1. The molecule has 2 aromatic rings. The smallest absolute Gasteiger partial charge is 0.254 e. The summed E-state index contributed by atoms with van der Waals surface area (Å²) in [5.74, 6) is 6.61. The third-order valence-electron chi connectivity index (χ3n) is 4.69. The van der Waals surface area contributed by atoms with Crippen LogP contribution in [0.15, 0.2) is 48.5 Å². The molecule has 0 bridgehead atoms. The summed E-state index contributed by atoms with van der Waals surface area (Å²) in [6, 6.07) is 15.3. The van der Waals surface area contributed by atoms with E-state index in [1.807, 2.05) is 48.2 Å². The van der Waals surface area contributed by atoms with E-state index in [-0.39, 0.29) is 5.91 Å². The number of benzene rings is 2. The van der Waals surface area contributed by atoms with Crippen LogP contribution < -0.4 is 9.64 Å². The number of anilines is 1.